The summed E-state index contributed by atoms with van der Waals surface area (Å²) >= 11 is 0. The van der Waals surface area contributed by atoms with E-state index < -0.39 is 6.04 Å². The maximum absolute atomic E-state index is 13.3. The van der Waals surface area contributed by atoms with Crippen LogP contribution in [0.15, 0.2) is 48.6 Å². The van der Waals surface area contributed by atoms with Crippen LogP contribution in [0.3, 0.4) is 0 Å². The normalized spacial score (nSPS) is 15.6. The standard InChI is InChI=1S/C42H73NO4/c1-4-6-8-10-12-14-16-18-20-22-24-26-28-30-32-34-40(44)42(43(3)36-39-37-46-38-47-39)41(45)35-33-31-29-27-25-23-21-19-17-15-13-11-9-7-5-2/h12-15,18-21,39,42H,4-11,16-17,22-38H2,1-3H3/b14-12-,15-13-,20-18-,21-19-. The predicted octanol–water partition coefficient (Wildman–Crippen LogP) is 11.4. The third kappa shape index (κ3) is 25.8. The van der Waals surface area contributed by atoms with E-state index in [9.17, 15) is 9.59 Å². The van der Waals surface area contributed by atoms with Gasteiger partial charge in [0.1, 0.15) is 12.8 Å². The number of hydrogen-bond donors (Lipinski definition) is 0. The average Bonchev–Trinajstić information content (AvgIpc) is 3.57. The van der Waals surface area contributed by atoms with E-state index in [1.165, 1.54) is 77.0 Å². The molecule has 1 aliphatic heterocycles. The van der Waals surface area contributed by atoms with Crippen molar-refractivity contribution in [2.45, 2.75) is 180 Å². The molecule has 0 radical (unpaired) electrons. The zero-order valence-corrected chi connectivity index (χ0v) is 30.9. The number of ketones is 2. The lowest BCUT2D eigenvalue weighted by molar-refractivity contribution is -0.134. The number of ether oxygens (including phenoxy) is 2. The number of nitrogens with zero attached hydrogens (tertiary/aromatic N) is 1. The van der Waals surface area contributed by atoms with Crippen molar-refractivity contribution in [2.24, 2.45) is 0 Å². The van der Waals surface area contributed by atoms with Crippen LogP contribution in [0.4, 0.5) is 0 Å². The molecule has 1 fully saturated rings. The van der Waals surface area contributed by atoms with Gasteiger partial charge < -0.3 is 9.47 Å². The highest BCUT2D eigenvalue weighted by atomic mass is 16.7. The third-order valence-electron chi connectivity index (χ3n) is 8.98. The first kappa shape index (κ1) is 43.2. The van der Waals surface area contributed by atoms with E-state index in [0.29, 0.717) is 32.8 Å². The predicted molar refractivity (Wildman–Crippen MR) is 201 cm³/mol. The Balaban J connectivity index is 2.25. The Labute approximate surface area is 290 Å². The molecule has 1 unspecified atom stereocenters. The second-order valence-electron chi connectivity index (χ2n) is 13.5. The maximum Gasteiger partial charge on any atom is 0.157 e. The lowest BCUT2D eigenvalue weighted by Crippen LogP contribution is -2.47. The Morgan fingerprint density at radius 3 is 1.40 bits per heavy atom. The molecule has 0 spiro atoms. The van der Waals surface area contributed by atoms with Gasteiger partial charge in [-0.25, -0.2) is 0 Å². The number of Topliss-reactive ketones (excluding diaryl/α,β-unsaturated/α-hetero) is 2. The van der Waals surface area contributed by atoms with Gasteiger partial charge in [-0.05, 0) is 84.1 Å². The average molecular weight is 656 g/mol. The first-order valence-corrected chi connectivity index (χ1v) is 19.6. The van der Waals surface area contributed by atoms with Gasteiger partial charge in [0, 0.05) is 19.4 Å². The van der Waals surface area contributed by atoms with Gasteiger partial charge in [0.05, 0.1) is 12.7 Å². The van der Waals surface area contributed by atoms with Gasteiger partial charge in [0.25, 0.3) is 0 Å². The van der Waals surface area contributed by atoms with Crippen LogP contribution < -0.4 is 0 Å². The highest BCUT2D eigenvalue weighted by Crippen LogP contribution is 2.16. The van der Waals surface area contributed by atoms with Gasteiger partial charge in [-0.15, -0.1) is 0 Å². The molecule has 0 N–H and O–H groups in total. The molecule has 1 atom stereocenters. The van der Waals surface area contributed by atoms with Gasteiger partial charge >= 0.3 is 0 Å². The number of hydrogen-bond acceptors (Lipinski definition) is 5. The van der Waals surface area contributed by atoms with Gasteiger partial charge in [-0.2, -0.15) is 0 Å². The van der Waals surface area contributed by atoms with Crippen LogP contribution in [0.1, 0.15) is 168 Å². The summed E-state index contributed by atoms with van der Waals surface area (Å²) in [4.78, 5) is 28.6. The van der Waals surface area contributed by atoms with E-state index >= 15 is 0 Å². The number of allylic oxidation sites excluding steroid dienone is 8. The number of rotatable bonds is 33. The fraction of sp³-hybridized carbons (Fsp3) is 0.762. The zero-order chi connectivity index (χ0) is 34.0. The van der Waals surface area contributed by atoms with E-state index in [1.807, 2.05) is 11.9 Å². The highest BCUT2D eigenvalue weighted by Gasteiger charge is 2.31. The summed E-state index contributed by atoms with van der Waals surface area (Å²) in [7, 11) is 1.90. The van der Waals surface area contributed by atoms with E-state index in [0.717, 1.165) is 64.2 Å². The molecule has 0 bridgehead atoms. The Morgan fingerprint density at radius 1 is 0.596 bits per heavy atom. The monoisotopic (exact) mass is 656 g/mol. The molecule has 0 saturated carbocycles. The lowest BCUT2D eigenvalue weighted by atomic mass is 9.96. The summed E-state index contributed by atoms with van der Waals surface area (Å²) in [5.41, 5.74) is 0. The molecule has 0 amide bonds. The molecule has 1 rings (SSSR count). The van der Waals surface area contributed by atoms with Gasteiger partial charge in [-0.3, -0.25) is 14.5 Å². The second kappa shape index (κ2) is 32.7. The Bertz CT molecular complexity index is 797. The smallest absolute Gasteiger partial charge is 0.157 e. The molecule has 0 aromatic carbocycles. The van der Waals surface area contributed by atoms with Crippen molar-refractivity contribution in [1.82, 2.24) is 4.90 Å². The van der Waals surface area contributed by atoms with E-state index in [4.69, 9.17) is 9.47 Å². The van der Waals surface area contributed by atoms with Gasteiger partial charge in [0.2, 0.25) is 0 Å². The minimum Gasteiger partial charge on any atom is -0.353 e. The van der Waals surface area contributed by atoms with Gasteiger partial charge in [-0.1, -0.05) is 127 Å². The molecule has 1 aliphatic rings. The molecule has 1 saturated heterocycles. The minimum absolute atomic E-state index is 0.0738. The first-order chi connectivity index (χ1) is 23.1. The Morgan fingerprint density at radius 2 is 1.00 bits per heavy atom. The molecular formula is C42H73NO4. The SMILES string of the molecule is CCCCC/C=C\C/C=C\CCCCCCCC(=O)C(C(=O)CCCCCCC/C=C\C/C=C\CCCCC)N(C)CC1COCO1. The fourth-order valence-corrected chi connectivity index (χ4v) is 6.07. The summed E-state index contributed by atoms with van der Waals surface area (Å²) in [5, 5.41) is 0. The summed E-state index contributed by atoms with van der Waals surface area (Å²) in [6.07, 6.45) is 44.7. The molecule has 1 heterocycles. The Kier molecular flexibility index (Phi) is 30.1. The van der Waals surface area contributed by atoms with Crippen molar-refractivity contribution in [3.8, 4) is 0 Å². The number of likely N-dealkylation sites (N-methyl/N-ethyl adjacent to an activating group) is 1. The summed E-state index contributed by atoms with van der Waals surface area (Å²) in [6, 6.07) is -0.657. The van der Waals surface area contributed by atoms with Crippen molar-refractivity contribution < 1.29 is 19.1 Å². The fourth-order valence-electron chi connectivity index (χ4n) is 6.07. The quantitative estimate of drug-likeness (QED) is 0.0400. The third-order valence-corrected chi connectivity index (χ3v) is 8.98. The largest absolute Gasteiger partial charge is 0.353 e. The molecule has 0 aromatic rings. The summed E-state index contributed by atoms with van der Waals surface area (Å²) < 4.78 is 11.0. The number of carbonyl (C=O) groups excluding carboxylic acids is 2. The van der Waals surface area contributed by atoms with Crippen LogP contribution in [0.25, 0.3) is 0 Å². The number of unbranched alkanes of at least 4 members (excludes halogenated alkanes) is 16. The number of carbonyl (C=O) groups is 2. The van der Waals surface area contributed by atoms with Crippen molar-refractivity contribution in [3.05, 3.63) is 48.6 Å². The van der Waals surface area contributed by atoms with Crippen LogP contribution in [-0.2, 0) is 19.1 Å². The second-order valence-corrected chi connectivity index (χ2v) is 13.5. The van der Waals surface area contributed by atoms with Crippen molar-refractivity contribution >= 4 is 11.6 Å². The first-order valence-electron chi connectivity index (χ1n) is 19.6. The highest BCUT2D eigenvalue weighted by molar-refractivity contribution is 6.06. The van der Waals surface area contributed by atoms with Crippen molar-refractivity contribution in [3.63, 3.8) is 0 Å². The molecule has 5 heteroatoms. The molecule has 270 valence electrons. The summed E-state index contributed by atoms with van der Waals surface area (Å²) in [5.74, 6) is 0.148. The van der Waals surface area contributed by atoms with Crippen LogP contribution in [-0.4, -0.2) is 55.6 Å². The van der Waals surface area contributed by atoms with Crippen molar-refractivity contribution in [1.29, 1.82) is 0 Å². The van der Waals surface area contributed by atoms with Crippen LogP contribution >= 0.6 is 0 Å². The maximum atomic E-state index is 13.3. The van der Waals surface area contributed by atoms with E-state index in [-0.39, 0.29) is 17.7 Å². The van der Waals surface area contributed by atoms with E-state index in [2.05, 4.69) is 62.5 Å². The topological polar surface area (TPSA) is 55.8 Å². The van der Waals surface area contributed by atoms with Crippen LogP contribution in [0.5, 0.6) is 0 Å². The summed E-state index contributed by atoms with van der Waals surface area (Å²) in [6.45, 7) is 5.85. The van der Waals surface area contributed by atoms with Crippen molar-refractivity contribution in [2.75, 3.05) is 27.0 Å². The van der Waals surface area contributed by atoms with E-state index in [1.54, 1.807) is 0 Å². The molecule has 0 aliphatic carbocycles. The van der Waals surface area contributed by atoms with Crippen LogP contribution in [0.2, 0.25) is 0 Å². The Hall–Kier alpha value is -1.82. The van der Waals surface area contributed by atoms with Crippen LogP contribution in [0, 0.1) is 0 Å². The minimum atomic E-state index is -0.657. The molecular weight excluding hydrogens is 582 g/mol. The molecule has 47 heavy (non-hydrogen) atoms. The molecule has 0 aromatic heterocycles. The lowest BCUT2D eigenvalue weighted by Gasteiger charge is -2.27. The molecule has 5 nitrogen and oxygen atoms in total. The van der Waals surface area contributed by atoms with Gasteiger partial charge in [0.15, 0.2) is 11.6 Å². The zero-order valence-electron chi connectivity index (χ0n) is 30.9.